The van der Waals surface area contributed by atoms with Gasteiger partial charge >= 0.3 is 17.9 Å². The summed E-state index contributed by atoms with van der Waals surface area (Å²) in [4.78, 5) is 39.8. The maximum atomic E-state index is 10.3. The van der Waals surface area contributed by atoms with Gasteiger partial charge in [0.25, 0.3) is 5.97 Å². The van der Waals surface area contributed by atoms with Crippen molar-refractivity contribution in [1.82, 2.24) is 0 Å². The standard InChI is InChI=1S/3C14H28O2.C2H4O2/c3*1-2-3-4-5-6-7-8-9-10-11-12-13-14(15)16;1-2(3)4/h3*2-13H2,1H3,(H,15,16);1H3,(H,3,4). The van der Waals surface area contributed by atoms with Gasteiger partial charge in [-0.05, 0) is 19.3 Å². The van der Waals surface area contributed by atoms with Gasteiger partial charge in [0.1, 0.15) is 0 Å². The Labute approximate surface area is 321 Å². The fourth-order valence-corrected chi connectivity index (χ4v) is 5.82. The van der Waals surface area contributed by atoms with E-state index >= 15 is 0 Å². The van der Waals surface area contributed by atoms with Crippen molar-refractivity contribution in [3.05, 3.63) is 0 Å². The molecule has 52 heavy (non-hydrogen) atoms. The Morgan fingerprint density at radius 1 is 0.269 bits per heavy atom. The van der Waals surface area contributed by atoms with Crippen LogP contribution < -0.4 is 0 Å². The van der Waals surface area contributed by atoms with E-state index in [1.807, 2.05) is 0 Å². The first-order valence-corrected chi connectivity index (χ1v) is 21.9. The Kier molecular flexibility index (Phi) is 58.0. The summed E-state index contributed by atoms with van der Waals surface area (Å²) in [6.07, 6.45) is 43.1. The molecule has 0 bridgehead atoms. The summed E-state index contributed by atoms with van der Waals surface area (Å²) >= 11 is 0. The average molecular weight is 745 g/mol. The monoisotopic (exact) mass is 745 g/mol. The molecule has 0 radical (unpaired) electrons. The zero-order chi connectivity index (χ0) is 39.8. The van der Waals surface area contributed by atoms with E-state index in [0.717, 1.165) is 45.4 Å². The molecule has 0 spiro atoms. The fourth-order valence-electron chi connectivity index (χ4n) is 5.82. The molecule has 0 heterocycles. The maximum Gasteiger partial charge on any atom is 0.303 e. The van der Waals surface area contributed by atoms with Gasteiger partial charge in [0.05, 0.1) is 0 Å². The summed E-state index contributed by atoms with van der Waals surface area (Å²) in [6.45, 7) is 7.82. The largest absolute Gasteiger partial charge is 0.481 e. The number of rotatable bonds is 36. The normalized spacial score (nSPS) is 10.2. The molecule has 0 fully saturated rings. The molecule has 4 N–H and O–H groups in total. The Morgan fingerprint density at radius 3 is 0.500 bits per heavy atom. The van der Waals surface area contributed by atoms with Crippen LogP contribution in [-0.2, 0) is 19.2 Å². The molecule has 0 aromatic carbocycles. The lowest BCUT2D eigenvalue weighted by atomic mass is 10.1. The number of carbonyl (C=O) groups is 4. The van der Waals surface area contributed by atoms with Crippen LogP contribution in [0.5, 0.6) is 0 Å². The highest BCUT2D eigenvalue weighted by Gasteiger charge is 1.99. The van der Waals surface area contributed by atoms with Crippen molar-refractivity contribution in [3.8, 4) is 0 Å². The van der Waals surface area contributed by atoms with Gasteiger partial charge in [0, 0.05) is 26.2 Å². The van der Waals surface area contributed by atoms with E-state index in [0.29, 0.717) is 19.3 Å². The fraction of sp³-hybridized carbons (Fsp3) is 0.909. The molecule has 0 saturated heterocycles. The predicted molar refractivity (Wildman–Crippen MR) is 219 cm³/mol. The SMILES string of the molecule is CC(=O)O.CCCCCCCCCCCCCC(=O)O.CCCCCCCCCCCCCC(=O)O.CCCCCCCCCCCCCC(=O)O. The van der Waals surface area contributed by atoms with Gasteiger partial charge in [-0.3, -0.25) is 19.2 Å². The molecule has 0 aromatic heterocycles. The van der Waals surface area contributed by atoms with Gasteiger partial charge in [-0.2, -0.15) is 0 Å². The maximum absolute atomic E-state index is 10.3. The van der Waals surface area contributed by atoms with Crippen LogP contribution >= 0.6 is 0 Å². The third-order valence-corrected chi connectivity index (χ3v) is 8.98. The minimum Gasteiger partial charge on any atom is -0.481 e. The summed E-state index contributed by atoms with van der Waals surface area (Å²) in [5.41, 5.74) is 0. The van der Waals surface area contributed by atoms with Crippen LogP contribution in [0.3, 0.4) is 0 Å². The van der Waals surface area contributed by atoms with E-state index in [2.05, 4.69) is 20.8 Å². The van der Waals surface area contributed by atoms with E-state index in [4.69, 9.17) is 25.2 Å². The Bertz CT molecular complexity index is 635. The molecule has 0 aliphatic heterocycles. The predicted octanol–water partition coefficient (Wildman–Crippen LogP) is 14.4. The highest BCUT2D eigenvalue weighted by molar-refractivity contribution is 5.67. The highest BCUT2D eigenvalue weighted by atomic mass is 16.4. The molecule has 0 saturated carbocycles. The van der Waals surface area contributed by atoms with Gasteiger partial charge in [0.2, 0.25) is 0 Å². The van der Waals surface area contributed by atoms with Crippen molar-refractivity contribution in [2.75, 3.05) is 0 Å². The molecule has 0 amide bonds. The smallest absolute Gasteiger partial charge is 0.303 e. The summed E-state index contributed by atoms with van der Waals surface area (Å²) in [7, 11) is 0. The Balaban J connectivity index is -0.000000315. The summed E-state index contributed by atoms with van der Waals surface area (Å²) in [5, 5.41) is 32.8. The van der Waals surface area contributed by atoms with E-state index in [1.165, 1.54) is 173 Å². The summed E-state index contributed by atoms with van der Waals surface area (Å²) in [5.74, 6) is -2.80. The third-order valence-electron chi connectivity index (χ3n) is 8.98. The minimum absolute atomic E-state index is 0.344. The molecular formula is C44H88O8. The molecule has 312 valence electrons. The van der Waals surface area contributed by atoms with Crippen molar-refractivity contribution in [2.24, 2.45) is 0 Å². The van der Waals surface area contributed by atoms with Crippen molar-refractivity contribution in [3.63, 3.8) is 0 Å². The molecule has 0 unspecified atom stereocenters. The molecule has 0 rings (SSSR count). The van der Waals surface area contributed by atoms with E-state index in [1.54, 1.807) is 0 Å². The molecule has 8 nitrogen and oxygen atoms in total. The first kappa shape index (κ1) is 56.6. The van der Waals surface area contributed by atoms with Crippen LogP contribution in [0.4, 0.5) is 0 Å². The van der Waals surface area contributed by atoms with Crippen molar-refractivity contribution in [1.29, 1.82) is 0 Å². The van der Waals surface area contributed by atoms with Gasteiger partial charge in [0.15, 0.2) is 0 Å². The van der Waals surface area contributed by atoms with Crippen LogP contribution in [0.25, 0.3) is 0 Å². The molecule has 0 aromatic rings. The van der Waals surface area contributed by atoms with Gasteiger partial charge in [-0.25, -0.2) is 0 Å². The highest BCUT2D eigenvalue weighted by Crippen LogP contribution is 2.14. The van der Waals surface area contributed by atoms with E-state index in [-0.39, 0.29) is 0 Å². The van der Waals surface area contributed by atoms with Crippen LogP contribution in [-0.4, -0.2) is 44.3 Å². The second-order valence-electron chi connectivity index (χ2n) is 14.6. The zero-order valence-electron chi connectivity index (χ0n) is 34.9. The Hall–Kier alpha value is -2.12. The van der Waals surface area contributed by atoms with Crippen LogP contribution in [0.2, 0.25) is 0 Å². The first-order valence-electron chi connectivity index (χ1n) is 21.9. The van der Waals surface area contributed by atoms with Crippen molar-refractivity contribution < 1.29 is 39.6 Å². The second-order valence-corrected chi connectivity index (χ2v) is 14.6. The van der Waals surface area contributed by atoms with Gasteiger partial charge < -0.3 is 20.4 Å². The molecule has 0 aliphatic rings. The quantitative estimate of drug-likeness (QED) is 0.0463. The molecular weight excluding hydrogens is 656 g/mol. The van der Waals surface area contributed by atoms with Gasteiger partial charge in [-0.1, -0.05) is 213 Å². The van der Waals surface area contributed by atoms with Crippen molar-refractivity contribution >= 4 is 23.9 Å². The lowest BCUT2D eigenvalue weighted by Gasteiger charge is -2.01. The van der Waals surface area contributed by atoms with Gasteiger partial charge in [-0.15, -0.1) is 0 Å². The number of unbranched alkanes of at least 4 members (excludes halogenated alkanes) is 30. The number of carboxylic acid groups (broad SMARTS) is 4. The number of hydrogen-bond acceptors (Lipinski definition) is 4. The average Bonchev–Trinajstić information content (AvgIpc) is 3.08. The topological polar surface area (TPSA) is 149 Å². The molecule has 0 aliphatic carbocycles. The van der Waals surface area contributed by atoms with Crippen LogP contribution in [0.15, 0.2) is 0 Å². The second kappa shape index (κ2) is 53.2. The Morgan fingerprint density at radius 2 is 0.385 bits per heavy atom. The third kappa shape index (κ3) is 77.4. The number of hydrogen-bond donors (Lipinski definition) is 4. The number of carboxylic acids is 4. The van der Waals surface area contributed by atoms with Crippen molar-refractivity contribution in [2.45, 2.75) is 259 Å². The molecule has 0 atom stereocenters. The lowest BCUT2D eigenvalue weighted by Crippen LogP contribution is -1.93. The minimum atomic E-state index is -0.833. The first-order chi connectivity index (χ1) is 25.0. The van der Waals surface area contributed by atoms with E-state index < -0.39 is 23.9 Å². The lowest BCUT2D eigenvalue weighted by molar-refractivity contribution is -0.138. The molecule has 8 heteroatoms. The zero-order valence-corrected chi connectivity index (χ0v) is 34.9. The van der Waals surface area contributed by atoms with Crippen LogP contribution in [0.1, 0.15) is 259 Å². The number of aliphatic carboxylic acids is 4. The van der Waals surface area contributed by atoms with Crippen LogP contribution in [0, 0.1) is 0 Å². The summed E-state index contributed by atoms with van der Waals surface area (Å²) in [6, 6.07) is 0. The van der Waals surface area contributed by atoms with E-state index in [9.17, 15) is 14.4 Å². The summed E-state index contributed by atoms with van der Waals surface area (Å²) < 4.78 is 0.